The van der Waals surface area contributed by atoms with Crippen LogP contribution in [0.25, 0.3) is 11.4 Å². The Morgan fingerprint density at radius 2 is 2.07 bits per heavy atom. The van der Waals surface area contributed by atoms with Gasteiger partial charge in [0.1, 0.15) is 11.6 Å². The first-order valence-electron chi connectivity index (χ1n) is 9.51. The first-order chi connectivity index (χ1) is 14.1. The van der Waals surface area contributed by atoms with Crippen molar-refractivity contribution < 1.29 is 9.47 Å². The molecule has 3 aromatic rings. The van der Waals surface area contributed by atoms with E-state index in [1.807, 2.05) is 31.2 Å². The largest absolute Gasteiger partial charge is 0.489 e. The van der Waals surface area contributed by atoms with E-state index in [1.54, 1.807) is 6.20 Å². The highest BCUT2D eigenvalue weighted by atomic mass is 35.5. The van der Waals surface area contributed by atoms with Crippen LogP contribution in [0.15, 0.2) is 41.3 Å². The van der Waals surface area contributed by atoms with Gasteiger partial charge in [-0.1, -0.05) is 18.5 Å². The Morgan fingerprint density at radius 3 is 2.86 bits per heavy atom. The van der Waals surface area contributed by atoms with Gasteiger partial charge in [0.05, 0.1) is 18.2 Å². The second-order valence-electron chi connectivity index (χ2n) is 6.68. The summed E-state index contributed by atoms with van der Waals surface area (Å²) < 4.78 is 11.4. The summed E-state index contributed by atoms with van der Waals surface area (Å²) in [6.07, 6.45) is 3.21. The zero-order valence-corrected chi connectivity index (χ0v) is 16.8. The fraction of sp³-hybridized carbons (Fsp3) is 0.286. The smallest absolute Gasteiger partial charge is 0.251 e. The lowest BCUT2D eigenvalue weighted by molar-refractivity contribution is 0.297. The third kappa shape index (κ3) is 4.51. The summed E-state index contributed by atoms with van der Waals surface area (Å²) in [5, 5.41) is 3.80. The topological polar surface area (TPSA) is 89.1 Å². The van der Waals surface area contributed by atoms with Crippen molar-refractivity contribution in [2.24, 2.45) is 0 Å². The average Bonchev–Trinajstić information content (AvgIpc) is 2.98. The number of aryl methyl sites for hydroxylation is 1. The predicted octanol–water partition coefficient (Wildman–Crippen LogP) is 3.82. The van der Waals surface area contributed by atoms with E-state index >= 15 is 0 Å². The van der Waals surface area contributed by atoms with Crippen molar-refractivity contribution in [3.8, 4) is 22.9 Å². The van der Waals surface area contributed by atoms with Gasteiger partial charge in [0.15, 0.2) is 11.5 Å². The number of ether oxygens (including phenoxy) is 2. The minimum absolute atomic E-state index is 0.166. The number of nitrogens with zero attached hydrogens (tertiary/aromatic N) is 2. The van der Waals surface area contributed by atoms with Crippen LogP contribution in [0, 0.1) is 0 Å². The Labute approximate surface area is 173 Å². The summed E-state index contributed by atoms with van der Waals surface area (Å²) in [6.45, 7) is 3.70. The highest BCUT2D eigenvalue weighted by Crippen LogP contribution is 2.38. The molecular formula is C21H21ClN4O3. The van der Waals surface area contributed by atoms with Crippen LogP contribution < -0.4 is 20.3 Å². The number of hydrogen-bond acceptors (Lipinski definition) is 6. The van der Waals surface area contributed by atoms with E-state index in [0.717, 1.165) is 23.2 Å². The lowest BCUT2D eigenvalue weighted by Crippen LogP contribution is -2.10. The Balaban J connectivity index is 1.47. The Hall–Kier alpha value is -3.06. The number of hydrogen-bond donors (Lipinski definition) is 2. The molecule has 1 aliphatic heterocycles. The molecule has 0 bridgehead atoms. The molecule has 150 valence electrons. The molecule has 0 aliphatic carbocycles. The van der Waals surface area contributed by atoms with Gasteiger partial charge in [0.25, 0.3) is 5.56 Å². The minimum atomic E-state index is -0.166. The summed E-state index contributed by atoms with van der Waals surface area (Å²) in [5.41, 5.74) is 2.30. The van der Waals surface area contributed by atoms with Crippen molar-refractivity contribution in [2.75, 3.05) is 18.5 Å². The van der Waals surface area contributed by atoms with Crippen LogP contribution in [0.4, 0.5) is 5.82 Å². The average molecular weight is 413 g/mol. The van der Waals surface area contributed by atoms with Gasteiger partial charge in [-0.3, -0.25) is 4.79 Å². The maximum atomic E-state index is 11.8. The number of benzene rings is 1. The van der Waals surface area contributed by atoms with E-state index in [-0.39, 0.29) is 5.56 Å². The van der Waals surface area contributed by atoms with Gasteiger partial charge in [0, 0.05) is 36.5 Å². The molecule has 0 saturated carbocycles. The van der Waals surface area contributed by atoms with Crippen LogP contribution in [0.3, 0.4) is 0 Å². The van der Waals surface area contributed by atoms with Gasteiger partial charge in [-0.25, -0.2) is 9.97 Å². The summed E-state index contributed by atoms with van der Waals surface area (Å²) in [4.78, 5) is 23.4. The Kier molecular flexibility index (Phi) is 5.67. The number of nitrogens with one attached hydrogen (secondary N) is 2. The van der Waals surface area contributed by atoms with Crippen molar-refractivity contribution in [3.63, 3.8) is 0 Å². The lowest BCUT2D eigenvalue weighted by atomic mass is 10.2. The maximum Gasteiger partial charge on any atom is 0.251 e. The number of pyridine rings is 1. The molecule has 0 radical (unpaired) electrons. The Morgan fingerprint density at radius 1 is 1.21 bits per heavy atom. The molecule has 0 atom stereocenters. The van der Waals surface area contributed by atoms with E-state index in [9.17, 15) is 4.79 Å². The molecule has 2 N–H and O–H groups in total. The number of fused-ring (bicyclic) bond motifs is 1. The fourth-order valence-corrected chi connectivity index (χ4v) is 3.33. The predicted molar refractivity (Wildman–Crippen MR) is 112 cm³/mol. The van der Waals surface area contributed by atoms with Crippen LogP contribution in [0.1, 0.15) is 24.6 Å². The highest BCUT2D eigenvalue weighted by molar-refractivity contribution is 6.32. The molecule has 0 saturated heterocycles. The molecule has 0 unspecified atom stereocenters. The second-order valence-corrected chi connectivity index (χ2v) is 7.09. The second kappa shape index (κ2) is 8.53. The number of anilines is 1. The zero-order chi connectivity index (χ0) is 20.2. The minimum Gasteiger partial charge on any atom is -0.489 e. The summed E-state index contributed by atoms with van der Waals surface area (Å²) in [5.74, 6) is 2.49. The molecule has 8 heteroatoms. The zero-order valence-electron chi connectivity index (χ0n) is 16.0. The molecule has 1 aliphatic rings. The summed E-state index contributed by atoms with van der Waals surface area (Å²) in [7, 11) is 0. The van der Waals surface area contributed by atoms with Gasteiger partial charge in [-0.15, -0.1) is 0 Å². The number of aromatic amines is 1. The molecule has 4 rings (SSSR count). The standard InChI is InChI=1S/C21H21ClN4O3/c1-2-15-10-19(27)26-21(25-15)14-4-5-18(24-12-14)23-11-13-8-16(22)20-17(9-13)28-6-3-7-29-20/h4-5,8-10,12H,2-3,6-7,11H2,1H3,(H,23,24)(H,25,26,27). The van der Waals surface area contributed by atoms with Crippen LogP contribution in [-0.2, 0) is 13.0 Å². The van der Waals surface area contributed by atoms with E-state index < -0.39 is 0 Å². The molecule has 2 aromatic heterocycles. The quantitative estimate of drug-likeness (QED) is 0.662. The van der Waals surface area contributed by atoms with Crippen LogP contribution in [0.5, 0.6) is 11.5 Å². The Bertz CT molecular complexity index is 1070. The van der Waals surface area contributed by atoms with Crippen molar-refractivity contribution in [1.29, 1.82) is 0 Å². The van der Waals surface area contributed by atoms with E-state index in [0.29, 0.717) is 54.3 Å². The number of H-pyrrole nitrogens is 1. The van der Waals surface area contributed by atoms with Crippen molar-refractivity contribution in [2.45, 2.75) is 26.3 Å². The van der Waals surface area contributed by atoms with Crippen LogP contribution in [0.2, 0.25) is 5.02 Å². The molecule has 29 heavy (non-hydrogen) atoms. The van der Waals surface area contributed by atoms with Gasteiger partial charge in [-0.05, 0) is 36.2 Å². The van der Waals surface area contributed by atoms with Crippen molar-refractivity contribution in [3.05, 3.63) is 63.2 Å². The molecule has 0 spiro atoms. The fourth-order valence-electron chi connectivity index (χ4n) is 3.04. The van der Waals surface area contributed by atoms with Crippen LogP contribution in [-0.4, -0.2) is 28.2 Å². The van der Waals surface area contributed by atoms with Gasteiger partial charge in [-0.2, -0.15) is 0 Å². The van der Waals surface area contributed by atoms with E-state index in [4.69, 9.17) is 21.1 Å². The monoisotopic (exact) mass is 412 g/mol. The molecule has 7 nitrogen and oxygen atoms in total. The van der Waals surface area contributed by atoms with E-state index in [1.165, 1.54) is 6.07 Å². The number of halogens is 1. The van der Waals surface area contributed by atoms with E-state index in [2.05, 4.69) is 20.3 Å². The number of aromatic nitrogens is 3. The van der Waals surface area contributed by atoms with Crippen molar-refractivity contribution in [1.82, 2.24) is 15.0 Å². The summed E-state index contributed by atoms with van der Waals surface area (Å²) in [6, 6.07) is 9.01. The third-order valence-corrected chi connectivity index (χ3v) is 4.81. The lowest BCUT2D eigenvalue weighted by Gasteiger charge is -2.12. The molecule has 1 aromatic carbocycles. The summed E-state index contributed by atoms with van der Waals surface area (Å²) >= 11 is 6.34. The normalized spacial score (nSPS) is 13.0. The third-order valence-electron chi connectivity index (χ3n) is 4.53. The molecule has 0 fully saturated rings. The number of rotatable bonds is 5. The van der Waals surface area contributed by atoms with Gasteiger partial charge in [0.2, 0.25) is 0 Å². The molecule has 0 amide bonds. The molecular weight excluding hydrogens is 392 g/mol. The first kappa shape index (κ1) is 19.3. The van der Waals surface area contributed by atoms with Gasteiger partial charge < -0.3 is 19.8 Å². The highest BCUT2D eigenvalue weighted by Gasteiger charge is 2.15. The van der Waals surface area contributed by atoms with Crippen LogP contribution >= 0.6 is 11.6 Å². The van der Waals surface area contributed by atoms with Crippen molar-refractivity contribution >= 4 is 17.4 Å². The maximum absolute atomic E-state index is 11.8. The first-order valence-corrected chi connectivity index (χ1v) is 9.88. The SMILES string of the molecule is CCc1cc(=O)[nH]c(-c2ccc(NCc3cc(Cl)c4c(c3)OCCCO4)nc2)n1. The molecule has 3 heterocycles. The van der Waals surface area contributed by atoms with Gasteiger partial charge >= 0.3 is 0 Å².